The first-order valence-corrected chi connectivity index (χ1v) is 6.07. The maximum atomic E-state index is 5.71. The van der Waals surface area contributed by atoms with Crippen LogP contribution in [0.2, 0.25) is 0 Å². The Morgan fingerprint density at radius 2 is 2.06 bits per heavy atom. The number of pyridine rings is 1. The van der Waals surface area contributed by atoms with E-state index in [1.54, 1.807) is 6.20 Å². The molecule has 0 aliphatic heterocycles. The normalized spacial score (nSPS) is 11.6. The van der Waals surface area contributed by atoms with Crippen molar-refractivity contribution < 1.29 is 4.42 Å². The number of aryl methyl sites for hydroxylation is 1. The molecule has 0 aromatic carbocycles. The summed E-state index contributed by atoms with van der Waals surface area (Å²) in [6.07, 6.45) is 1.78. The van der Waals surface area contributed by atoms with E-state index in [-0.39, 0.29) is 0 Å². The van der Waals surface area contributed by atoms with E-state index >= 15 is 0 Å². The summed E-state index contributed by atoms with van der Waals surface area (Å²) in [6, 6.07) is 7.78. The lowest BCUT2D eigenvalue weighted by Gasteiger charge is -2.07. The molecule has 0 aliphatic carbocycles. The van der Waals surface area contributed by atoms with E-state index < -0.39 is 0 Å². The predicted molar refractivity (Wildman–Crippen MR) is 70.0 cm³/mol. The van der Waals surface area contributed by atoms with Crippen molar-refractivity contribution in [2.45, 2.75) is 26.7 Å². The Bertz CT molecular complexity index is 694. The zero-order valence-corrected chi connectivity index (χ0v) is 10.7. The average Bonchev–Trinajstić information content (AvgIpc) is 2.92. The summed E-state index contributed by atoms with van der Waals surface area (Å²) in [4.78, 5) is 9.05. The zero-order chi connectivity index (χ0) is 12.7. The Kier molecular flexibility index (Phi) is 2.44. The van der Waals surface area contributed by atoms with Crippen LogP contribution in [0.25, 0.3) is 17.0 Å². The van der Waals surface area contributed by atoms with E-state index in [0.29, 0.717) is 5.92 Å². The topological polar surface area (TPSA) is 43.9 Å². The second-order valence-corrected chi connectivity index (χ2v) is 4.69. The third-order valence-corrected chi connectivity index (χ3v) is 2.90. The molecule has 0 bridgehead atoms. The molecule has 0 radical (unpaired) electrons. The quantitative estimate of drug-likeness (QED) is 0.690. The first-order valence-electron chi connectivity index (χ1n) is 6.07. The highest BCUT2D eigenvalue weighted by Crippen LogP contribution is 2.25. The van der Waals surface area contributed by atoms with Gasteiger partial charge in [0.25, 0.3) is 0 Å². The number of hydrogen-bond acceptors (Lipinski definition) is 3. The largest absolute Gasteiger partial charge is 0.445 e. The molecule has 4 nitrogen and oxygen atoms in total. The van der Waals surface area contributed by atoms with Crippen LogP contribution in [-0.2, 0) is 0 Å². The van der Waals surface area contributed by atoms with Crippen LogP contribution in [0.5, 0.6) is 0 Å². The van der Waals surface area contributed by atoms with Gasteiger partial charge in [-0.1, -0.05) is 13.8 Å². The summed E-state index contributed by atoms with van der Waals surface area (Å²) < 4.78 is 7.70. The van der Waals surface area contributed by atoms with Crippen molar-refractivity contribution in [2.75, 3.05) is 0 Å². The standard InChI is InChI=1S/C14H15N3O/c1-9(2)13-16-11-5-4-8-15-14(11)17(13)12-7-6-10(3)18-12/h4-9H,1-3H3. The van der Waals surface area contributed by atoms with Gasteiger partial charge in [0.05, 0.1) is 0 Å². The molecule has 0 amide bonds. The Morgan fingerprint density at radius 1 is 1.22 bits per heavy atom. The molecule has 0 aliphatic rings. The highest BCUT2D eigenvalue weighted by molar-refractivity contribution is 5.73. The third-order valence-electron chi connectivity index (χ3n) is 2.90. The van der Waals surface area contributed by atoms with E-state index in [9.17, 15) is 0 Å². The monoisotopic (exact) mass is 241 g/mol. The Morgan fingerprint density at radius 3 is 2.72 bits per heavy atom. The number of rotatable bonds is 2. The second-order valence-electron chi connectivity index (χ2n) is 4.69. The molecule has 0 atom stereocenters. The molecule has 3 aromatic heterocycles. The minimum atomic E-state index is 0.310. The molecule has 0 spiro atoms. The van der Waals surface area contributed by atoms with Gasteiger partial charge in [-0.2, -0.15) is 0 Å². The average molecular weight is 241 g/mol. The molecular formula is C14H15N3O. The van der Waals surface area contributed by atoms with Gasteiger partial charge in [-0.3, -0.25) is 0 Å². The molecule has 3 aromatic rings. The van der Waals surface area contributed by atoms with Crippen molar-refractivity contribution in [3.8, 4) is 5.88 Å². The molecule has 3 rings (SSSR count). The summed E-state index contributed by atoms with van der Waals surface area (Å²) in [7, 11) is 0. The molecule has 0 fully saturated rings. The van der Waals surface area contributed by atoms with Crippen molar-refractivity contribution >= 4 is 11.2 Å². The van der Waals surface area contributed by atoms with E-state index in [0.717, 1.165) is 28.6 Å². The lowest BCUT2D eigenvalue weighted by molar-refractivity contribution is 0.505. The minimum Gasteiger partial charge on any atom is -0.445 e. The fourth-order valence-electron chi connectivity index (χ4n) is 2.08. The van der Waals surface area contributed by atoms with Gasteiger partial charge in [-0.05, 0) is 25.1 Å². The molecule has 0 unspecified atom stereocenters. The third kappa shape index (κ3) is 1.61. The molecule has 18 heavy (non-hydrogen) atoms. The van der Waals surface area contributed by atoms with Gasteiger partial charge in [0.2, 0.25) is 5.88 Å². The van der Waals surface area contributed by atoms with Gasteiger partial charge >= 0.3 is 0 Å². The van der Waals surface area contributed by atoms with Crippen molar-refractivity contribution in [1.82, 2.24) is 14.5 Å². The molecular weight excluding hydrogens is 226 g/mol. The highest BCUT2D eigenvalue weighted by atomic mass is 16.4. The molecule has 3 heterocycles. The second kappa shape index (κ2) is 3.98. The highest BCUT2D eigenvalue weighted by Gasteiger charge is 2.17. The van der Waals surface area contributed by atoms with Crippen LogP contribution in [0.15, 0.2) is 34.9 Å². The van der Waals surface area contributed by atoms with Crippen molar-refractivity contribution in [3.63, 3.8) is 0 Å². The Balaban J connectivity index is 2.34. The minimum absolute atomic E-state index is 0.310. The van der Waals surface area contributed by atoms with Gasteiger partial charge in [-0.15, -0.1) is 0 Å². The maximum Gasteiger partial charge on any atom is 0.206 e. The Hall–Kier alpha value is -2.10. The predicted octanol–water partition coefficient (Wildman–Crippen LogP) is 3.45. The first kappa shape index (κ1) is 11.0. The van der Waals surface area contributed by atoms with Crippen molar-refractivity contribution in [1.29, 1.82) is 0 Å². The van der Waals surface area contributed by atoms with E-state index in [4.69, 9.17) is 4.42 Å². The lowest BCUT2D eigenvalue weighted by Crippen LogP contribution is -2.02. The van der Waals surface area contributed by atoms with E-state index in [1.165, 1.54) is 0 Å². The number of furan rings is 1. The van der Waals surface area contributed by atoms with Gasteiger partial charge in [0.1, 0.15) is 17.1 Å². The van der Waals surface area contributed by atoms with Crippen LogP contribution in [0.4, 0.5) is 0 Å². The Labute approximate surface area is 105 Å². The fraction of sp³-hybridized carbons (Fsp3) is 0.286. The van der Waals surface area contributed by atoms with Crippen molar-refractivity contribution in [3.05, 3.63) is 42.0 Å². The summed E-state index contributed by atoms with van der Waals surface area (Å²) in [6.45, 7) is 6.17. The van der Waals surface area contributed by atoms with Crippen LogP contribution >= 0.6 is 0 Å². The van der Waals surface area contributed by atoms with Crippen LogP contribution in [0, 0.1) is 6.92 Å². The molecule has 92 valence electrons. The molecule has 4 heteroatoms. The van der Waals surface area contributed by atoms with Crippen molar-refractivity contribution in [2.24, 2.45) is 0 Å². The number of nitrogens with zero attached hydrogens (tertiary/aromatic N) is 3. The van der Waals surface area contributed by atoms with Crippen LogP contribution < -0.4 is 0 Å². The number of aromatic nitrogens is 3. The molecule has 0 N–H and O–H groups in total. The zero-order valence-electron chi connectivity index (χ0n) is 10.7. The van der Waals surface area contributed by atoms with Crippen LogP contribution in [0.3, 0.4) is 0 Å². The number of hydrogen-bond donors (Lipinski definition) is 0. The van der Waals surface area contributed by atoms with Gasteiger partial charge in [0, 0.05) is 18.2 Å². The SMILES string of the molecule is Cc1ccc(-n2c(C(C)C)nc3cccnc32)o1. The van der Waals surface area contributed by atoms with E-state index in [1.807, 2.05) is 35.8 Å². The van der Waals surface area contributed by atoms with E-state index in [2.05, 4.69) is 23.8 Å². The summed E-state index contributed by atoms with van der Waals surface area (Å²) >= 11 is 0. The summed E-state index contributed by atoms with van der Waals surface area (Å²) in [5.74, 6) is 2.94. The number of imidazole rings is 1. The fourth-order valence-corrected chi connectivity index (χ4v) is 2.08. The lowest BCUT2D eigenvalue weighted by atomic mass is 10.2. The van der Waals surface area contributed by atoms with Crippen LogP contribution in [-0.4, -0.2) is 14.5 Å². The summed E-state index contributed by atoms with van der Waals surface area (Å²) in [5.41, 5.74) is 1.74. The van der Waals surface area contributed by atoms with Gasteiger partial charge < -0.3 is 4.42 Å². The maximum absolute atomic E-state index is 5.71. The molecule has 0 saturated carbocycles. The molecule has 0 saturated heterocycles. The van der Waals surface area contributed by atoms with Crippen LogP contribution in [0.1, 0.15) is 31.4 Å². The van der Waals surface area contributed by atoms with Gasteiger partial charge in [0.15, 0.2) is 5.65 Å². The van der Waals surface area contributed by atoms with Gasteiger partial charge in [-0.25, -0.2) is 14.5 Å². The number of fused-ring (bicyclic) bond motifs is 1. The smallest absolute Gasteiger partial charge is 0.206 e. The summed E-state index contributed by atoms with van der Waals surface area (Å²) in [5, 5.41) is 0. The first-order chi connectivity index (χ1) is 8.66.